The average molecular weight is 557 g/mol. The van der Waals surface area contributed by atoms with Gasteiger partial charge in [0.1, 0.15) is 5.75 Å². The molecule has 2 aromatic rings. The molecule has 0 amide bonds. The van der Waals surface area contributed by atoms with E-state index in [9.17, 15) is 4.79 Å². The summed E-state index contributed by atoms with van der Waals surface area (Å²) in [6, 6.07) is 8.85. The van der Waals surface area contributed by atoms with Gasteiger partial charge in [0.2, 0.25) is 0 Å². The molecule has 0 aliphatic carbocycles. The summed E-state index contributed by atoms with van der Waals surface area (Å²) in [7, 11) is 3.16. The molecule has 0 aromatic heterocycles. The minimum Gasteiger partial charge on any atom is -0.493 e. The van der Waals surface area contributed by atoms with Gasteiger partial charge in [-0.1, -0.05) is 80.1 Å². The van der Waals surface area contributed by atoms with Crippen LogP contribution in [0, 0.1) is 23.7 Å². The van der Waals surface area contributed by atoms with Crippen molar-refractivity contribution < 1.29 is 28.5 Å². The Hall–Kier alpha value is -3.33. The first-order valence-corrected chi connectivity index (χ1v) is 14.5. The molecule has 2 aromatic carbocycles. The Kier molecular flexibility index (Phi) is 18.8. The number of hydrogen-bond donors (Lipinski definition) is 0. The molecular formula is C34H52O6. The molecule has 0 saturated carbocycles. The molecule has 0 spiro atoms. The molecule has 6 heteroatoms. The van der Waals surface area contributed by atoms with E-state index in [-0.39, 0.29) is 18.5 Å². The Morgan fingerprint density at radius 3 is 1.90 bits per heavy atom. The predicted molar refractivity (Wildman–Crippen MR) is 165 cm³/mol. The fourth-order valence-electron chi connectivity index (χ4n) is 3.26. The van der Waals surface area contributed by atoms with E-state index < -0.39 is 0 Å². The maximum atomic E-state index is 12.0. The Morgan fingerprint density at radius 1 is 0.775 bits per heavy atom. The maximum absolute atomic E-state index is 12.0. The van der Waals surface area contributed by atoms with Crippen molar-refractivity contribution in [3.8, 4) is 40.6 Å². The first-order valence-electron chi connectivity index (χ1n) is 14.5. The lowest BCUT2D eigenvalue weighted by atomic mass is 10.1. The smallest absolute Gasteiger partial charge is 0.310 e. The average Bonchev–Trinajstić information content (AvgIpc) is 2.92. The van der Waals surface area contributed by atoms with Gasteiger partial charge in [0.25, 0.3) is 0 Å². The molecular weight excluding hydrogens is 504 g/mol. The van der Waals surface area contributed by atoms with Crippen LogP contribution in [-0.4, -0.2) is 32.9 Å². The summed E-state index contributed by atoms with van der Waals surface area (Å²) >= 11 is 0. The second-order valence-corrected chi connectivity index (χ2v) is 10.00. The lowest BCUT2D eigenvalue weighted by Crippen LogP contribution is -2.10. The highest BCUT2D eigenvalue weighted by molar-refractivity contribution is 5.74. The van der Waals surface area contributed by atoms with Gasteiger partial charge in [-0.15, -0.1) is 0 Å². The number of carbonyl (C=O) groups is 1. The van der Waals surface area contributed by atoms with E-state index in [4.69, 9.17) is 23.7 Å². The SMILES string of the molecule is CC.CCC(=O)Oc1cc(OC(C)C)c(OC)cc1C#Cc1ccc(OC)c(OCC(C)C)c1.CCCC(C)C. The lowest BCUT2D eigenvalue weighted by Gasteiger charge is -2.16. The lowest BCUT2D eigenvalue weighted by molar-refractivity contribution is -0.134. The zero-order valence-electron chi connectivity index (χ0n) is 26.9. The molecule has 2 rings (SSSR count). The Balaban J connectivity index is 0.00000168. The molecule has 0 heterocycles. The van der Waals surface area contributed by atoms with Crippen molar-refractivity contribution >= 4 is 5.97 Å². The molecule has 0 aliphatic rings. The van der Waals surface area contributed by atoms with E-state index in [0.717, 1.165) is 11.5 Å². The Bertz CT molecular complexity index is 1060. The van der Waals surface area contributed by atoms with Crippen molar-refractivity contribution in [2.24, 2.45) is 11.8 Å². The number of ether oxygens (including phenoxy) is 5. The highest BCUT2D eigenvalue weighted by Crippen LogP contribution is 2.36. The van der Waals surface area contributed by atoms with Gasteiger partial charge in [-0.05, 0) is 43.9 Å². The van der Waals surface area contributed by atoms with Gasteiger partial charge in [-0.2, -0.15) is 0 Å². The number of carbonyl (C=O) groups excluding carboxylic acids is 1. The van der Waals surface area contributed by atoms with Crippen molar-refractivity contribution in [3.05, 3.63) is 41.5 Å². The van der Waals surface area contributed by atoms with E-state index in [1.807, 2.05) is 45.9 Å². The van der Waals surface area contributed by atoms with Crippen molar-refractivity contribution in [2.45, 2.75) is 94.6 Å². The molecule has 0 aliphatic heterocycles. The molecule has 40 heavy (non-hydrogen) atoms. The molecule has 0 bridgehead atoms. The summed E-state index contributed by atoms with van der Waals surface area (Å²) in [5.74, 6) is 9.71. The minimum atomic E-state index is -0.359. The van der Waals surface area contributed by atoms with Crippen LogP contribution in [0.25, 0.3) is 0 Å². The normalized spacial score (nSPS) is 9.97. The standard InChI is InChI=1S/C26H32O6.C6H14.C2H6/c1-8-26(27)32-22-15-25(31-18(4)5)23(29-7)14-20(22)11-9-19-10-12-21(28-6)24(13-19)30-16-17(2)3;1-4-5-6(2)3;1-2/h10,12-15,17-18H,8,16H2,1-7H3;6H,4-5H2,1-3H3;1-2H3. The summed E-state index contributed by atoms with van der Waals surface area (Å²) in [5, 5.41) is 0. The fraction of sp³-hybridized carbons (Fsp3) is 0.559. The molecule has 0 radical (unpaired) electrons. The third kappa shape index (κ3) is 14.2. The highest BCUT2D eigenvalue weighted by Gasteiger charge is 2.15. The molecule has 0 N–H and O–H groups in total. The minimum absolute atomic E-state index is 0.0703. The number of benzene rings is 2. The number of hydrogen-bond acceptors (Lipinski definition) is 6. The van der Waals surface area contributed by atoms with Crippen LogP contribution in [-0.2, 0) is 4.79 Å². The second kappa shape index (κ2) is 20.6. The van der Waals surface area contributed by atoms with E-state index in [2.05, 4.69) is 46.5 Å². The van der Waals surface area contributed by atoms with Crippen LogP contribution in [0.5, 0.6) is 28.7 Å². The van der Waals surface area contributed by atoms with Gasteiger partial charge in [0.05, 0.1) is 32.5 Å². The van der Waals surface area contributed by atoms with E-state index in [0.29, 0.717) is 46.8 Å². The van der Waals surface area contributed by atoms with E-state index >= 15 is 0 Å². The van der Waals surface area contributed by atoms with Crippen molar-refractivity contribution in [1.29, 1.82) is 0 Å². The third-order valence-corrected chi connectivity index (χ3v) is 5.08. The van der Waals surface area contributed by atoms with Gasteiger partial charge >= 0.3 is 5.97 Å². The molecule has 224 valence electrons. The Morgan fingerprint density at radius 2 is 1.43 bits per heavy atom. The largest absolute Gasteiger partial charge is 0.493 e. The van der Waals surface area contributed by atoms with Gasteiger partial charge in [0.15, 0.2) is 23.0 Å². The maximum Gasteiger partial charge on any atom is 0.310 e. The molecule has 0 atom stereocenters. The predicted octanol–water partition coefficient (Wildman–Crippen LogP) is 8.71. The number of rotatable bonds is 11. The van der Waals surface area contributed by atoms with Crippen molar-refractivity contribution in [2.75, 3.05) is 20.8 Å². The van der Waals surface area contributed by atoms with E-state index in [1.54, 1.807) is 33.3 Å². The highest BCUT2D eigenvalue weighted by atomic mass is 16.5. The van der Waals surface area contributed by atoms with Gasteiger partial charge < -0.3 is 23.7 Å². The monoisotopic (exact) mass is 556 g/mol. The quantitative estimate of drug-likeness (QED) is 0.157. The van der Waals surface area contributed by atoms with E-state index in [1.165, 1.54) is 12.8 Å². The van der Waals surface area contributed by atoms with Crippen LogP contribution in [0.4, 0.5) is 0 Å². The molecule has 0 unspecified atom stereocenters. The van der Waals surface area contributed by atoms with Crippen LogP contribution >= 0.6 is 0 Å². The number of esters is 1. The van der Waals surface area contributed by atoms with Crippen molar-refractivity contribution in [1.82, 2.24) is 0 Å². The van der Waals surface area contributed by atoms with Gasteiger partial charge in [-0.3, -0.25) is 4.79 Å². The topological polar surface area (TPSA) is 63.2 Å². The summed E-state index contributed by atoms with van der Waals surface area (Å²) in [5.41, 5.74) is 1.25. The van der Waals surface area contributed by atoms with Crippen LogP contribution in [0.15, 0.2) is 30.3 Å². The van der Waals surface area contributed by atoms with Crippen LogP contribution < -0.4 is 23.7 Å². The van der Waals surface area contributed by atoms with Gasteiger partial charge in [0, 0.05) is 24.1 Å². The summed E-state index contributed by atoms with van der Waals surface area (Å²) < 4.78 is 28.0. The zero-order valence-corrected chi connectivity index (χ0v) is 26.9. The molecule has 0 saturated heterocycles. The first-order chi connectivity index (χ1) is 19.0. The summed E-state index contributed by atoms with van der Waals surface area (Å²) in [6.45, 7) is 21.0. The molecule has 6 nitrogen and oxygen atoms in total. The number of methoxy groups -OCH3 is 2. The van der Waals surface area contributed by atoms with Crippen LogP contribution in [0.1, 0.15) is 99.6 Å². The summed E-state index contributed by atoms with van der Waals surface area (Å²) in [4.78, 5) is 12.0. The van der Waals surface area contributed by atoms with Gasteiger partial charge in [-0.25, -0.2) is 0 Å². The fourth-order valence-corrected chi connectivity index (χ4v) is 3.26. The zero-order chi connectivity index (χ0) is 30.7. The molecule has 0 fully saturated rings. The van der Waals surface area contributed by atoms with Crippen LogP contribution in [0.2, 0.25) is 0 Å². The first kappa shape index (κ1) is 36.7. The third-order valence-electron chi connectivity index (χ3n) is 5.08. The van der Waals surface area contributed by atoms with Crippen molar-refractivity contribution in [3.63, 3.8) is 0 Å². The Labute approximate surface area is 243 Å². The summed E-state index contributed by atoms with van der Waals surface area (Å²) in [6.07, 6.45) is 2.88. The second-order valence-electron chi connectivity index (χ2n) is 10.00. The van der Waals surface area contributed by atoms with Crippen LogP contribution in [0.3, 0.4) is 0 Å².